The Morgan fingerprint density at radius 1 is 1.25 bits per heavy atom. The fraction of sp³-hybridized carbons (Fsp3) is 0.333. The lowest BCUT2D eigenvalue weighted by Crippen LogP contribution is -2.17. The number of aromatic nitrogens is 3. The molecule has 0 radical (unpaired) electrons. The van der Waals surface area contributed by atoms with Gasteiger partial charge in [-0.15, -0.1) is 13.2 Å². The molecule has 108 valence electrons. The van der Waals surface area contributed by atoms with Gasteiger partial charge in [0.2, 0.25) is 0 Å². The standard InChI is InChI=1S/C12H13F3N4O/c1-2-19-11(17-8-18-19)7-16-9-3-5-10(6-4-9)20-12(13,14)15/h3-6,8,16H,2,7H2,1H3. The first-order chi connectivity index (χ1) is 9.48. The van der Waals surface area contributed by atoms with E-state index in [0.29, 0.717) is 18.8 Å². The minimum absolute atomic E-state index is 0.250. The Balaban J connectivity index is 1.94. The highest BCUT2D eigenvalue weighted by atomic mass is 19.4. The van der Waals surface area contributed by atoms with Crippen molar-refractivity contribution < 1.29 is 17.9 Å². The summed E-state index contributed by atoms with van der Waals surface area (Å²) in [5.41, 5.74) is 0.671. The lowest BCUT2D eigenvalue weighted by Gasteiger charge is -2.10. The predicted molar refractivity (Wildman–Crippen MR) is 66.1 cm³/mol. The van der Waals surface area contributed by atoms with Crippen LogP contribution in [-0.4, -0.2) is 21.1 Å². The number of hydrogen-bond donors (Lipinski definition) is 1. The Morgan fingerprint density at radius 2 is 1.95 bits per heavy atom. The summed E-state index contributed by atoms with van der Waals surface area (Å²) in [7, 11) is 0. The van der Waals surface area contributed by atoms with Crippen molar-refractivity contribution in [1.29, 1.82) is 0 Å². The summed E-state index contributed by atoms with van der Waals surface area (Å²) in [6.45, 7) is 3.09. The summed E-state index contributed by atoms with van der Waals surface area (Å²) < 4.78 is 41.5. The molecule has 2 rings (SSSR count). The van der Waals surface area contributed by atoms with E-state index in [4.69, 9.17) is 0 Å². The number of benzene rings is 1. The number of alkyl halides is 3. The van der Waals surface area contributed by atoms with Crippen LogP contribution in [-0.2, 0) is 13.1 Å². The van der Waals surface area contributed by atoms with Crippen molar-refractivity contribution in [2.45, 2.75) is 26.4 Å². The van der Waals surface area contributed by atoms with Crippen molar-refractivity contribution in [3.8, 4) is 5.75 Å². The third kappa shape index (κ3) is 3.87. The van der Waals surface area contributed by atoms with Gasteiger partial charge in [-0.2, -0.15) is 5.10 Å². The maximum atomic E-state index is 12.0. The molecule has 1 aromatic heterocycles. The van der Waals surface area contributed by atoms with E-state index in [-0.39, 0.29) is 5.75 Å². The number of hydrogen-bond acceptors (Lipinski definition) is 4. The summed E-state index contributed by atoms with van der Waals surface area (Å²) in [4.78, 5) is 4.08. The molecule has 0 fully saturated rings. The molecule has 0 unspecified atom stereocenters. The van der Waals surface area contributed by atoms with Gasteiger partial charge in [-0.3, -0.25) is 0 Å². The molecule has 8 heteroatoms. The molecule has 5 nitrogen and oxygen atoms in total. The average molecular weight is 286 g/mol. The van der Waals surface area contributed by atoms with Crippen molar-refractivity contribution in [1.82, 2.24) is 14.8 Å². The maximum Gasteiger partial charge on any atom is 0.573 e. The van der Waals surface area contributed by atoms with Crippen molar-refractivity contribution in [2.75, 3.05) is 5.32 Å². The highest BCUT2D eigenvalue weighted by molar-refractivity contribution is 5.46. The molecule has 0 saturated carbocycles. The van der Waals surface area contributed by atoms with E-state index in [1.807, 2.05) is 6.92 Å². The fourth-order valence-electron chi connectivity index (χ4n) is 1.64. The number of rotatable bonds is 5. The van der Waals surface area contributed by atoms with Gasteiger partial charge in [-0.1, -0.05) is 0 Å². The monoisotopic (exact) mass is 286 g/mol. The molecule has 0 saturated heterocycles. The van der Waals surface area contributed by atoms with Gasteiger partial charge in [-0.25, -0.2) is 9.67 Å². The molecule has 1 N–H and O–H groups in total. The minimum Gasteiger partial charge on any atom is -0.406 e. The van der Waals surface area contributed by atoms with Crippen molar-refractivity contribution in [3.63, 3.8) is 0 Å². The van der Waals surface area contributed by atoms with E-state index in [2.05, 4.69) is 20.1 Å². The Morgan fingerprint density at radius 3 is 2.55 bits per heavy atom. The topological polar surface area (TPSA) is 52.0 Å². The molecule has 1 heterocycles. The van der Waals surface area contributed by atoms with Gasteiger partial charge < -0.3 is 10.1 Å². The fourth-order valence-corrected chi connectivity index (χ4v) is 1.64. The number of nitrogens with one attached hydrogen (secondary N) is 1. The van der Waals surface area contributed by atoms with Gasteiger partial charge in [0.1, 0.15) is 17.9 Å². The second-order valence-electron chi connectivity index (χ2n) is 3.92. The lowest BCUT2D eigenvalue weighted by molar-refractivity contribution is -0.274. The van der Waals surface area contributed by atoms with Crippen molar-refractivity contribution >= 4 is 5.69 Å². The van der Waals surface area contributed by atoms with Crippen LogP contribution >= 0.6 is 0 Å². The molecular weight excluding hydrogens is 273 g/mol. The Labute approximate surface area is 113 Å². The maximum absolute atomic E-state index is 12.0. The van der Waals surface area contributed by atoms with E-state index in [1.54, 1.807) is 4.68 Å². The van der Waals surface area contributed by atoms with E-state index in [0.717, 1.165) is 5.82 Å². The molecular formula is C12H13F3N4O. The summed E-state index contributed by atoms with van der Waals surface area (Å²) in [6, 6.07) is 5.52. The van der Waals surface area contributed by atoms with Crippen LogP contribution in [0.2, 0.25) is 0 Å². The second-order valence-corrected chi connectivity index (χ2v) is 3.92. The summed E-state index contributed by atoms with van der Waals surface area (Å²) in [5, 5.41) is 7.07. The molecule has 0 atom stereocenters. The molecule has 0 bridgehead atoms. The van der Waals surface area contributed by atoms with E-state index < -0.39 is 6.36 Å². The lowest BCUT2D eigenvalue weighted by atomic mass is 10.3. The third-order valence-corrected chi connectivity index (χ3v) is 2.53. The highest BCUT2D eigenvalue weighted by Crippen LogP contribution is 2.24. The van der Waals surface area contributed by atoms with Gasteiger partial charge >= 0.3 is 6.36 Å². The van der Waals surface area contributed by atoms with E-state index in [9.17, 15) is 13.2 Å². The van der Waals surface area contributed by atoms with Gasteiger partial charge in [0.05, 0.1) is 6.54 Å². The highest BCUT2D eigenvalue weighted by Gasteiger charge is 2.30. The van der Waals surface area contributed by atoms with Crippen LogP contribution < -0.4 is 10.1 Å². The van der Waals surface area contributed by atoms with E-state index >= 15 is 0 Å². The SMILES string of the molecule is CCn1ncnc1CNc1ccc(OC(F)(F)F)cc1. The van der Waals surface area contributed by atoms with Crippen LogP contribution in [0.25, 0.3) is 0 Å². The van der Waals surface area contributed by atoms with Crippen molar-refractivity contribution in [2.24, 2.45) is 0 Å². The molecule has 0 spiro atoms. The molecule has 1 aromatic carbocycles. The van der Waals surface area contributed by atoms with Gasteiger partial charge in [0.25, 0.3) is 0 Å². The van der Waals surface area contributed by atoms with Crippen LogP contribution in [0.1, 0.15) is 12.7 Å². The van der Waals surface area contributed by atoms with Crippen LogP contribution in [0.3, 0.4) is 0 Å². The quantitative estimate of drug-likeness (QED) is 0.918. The number of ether oxygens (including phenoxy) is 1. The first kappa shape index (κ1) is 14.2. The number of aryl methyl sites for hydroxylation is 1. The zero-order chi connectivity index (χ0) is 14.6. The average Bonchev–Trinajstić information content (AvgIpc) is 2.83. The first-order valence-corrected chi connectivity index (χ1v) is 5.94. The molecule has 0 aliphatic carbocycles. The largest absolute Gasteiger partial charge is 0.573 e. The summed E-state index contributed by atoms with van der Waals surface area (Å²) >= 11 is 0. The molecule has 0 aliphatic rings. The molecule has 0 amide bonds. The minimum atomic E-state index is -4.67. The number of anilines is 1. The van der Waals surface area contributed by atoms with Gasteiger partial charge in [0.15, 0.2) is 0 Å². The predicted octanol–water partition coefficient (Wildman–Crippen LogP) is 2.81. The van der Waals surface area contributed by atoms with Gasteiger partial charge in [-0.05, 0) is 31.2 Å². The third-order valence-electron chi connectivity index (χ3n) is 2.53. The van der Waals surface area contributed by atoms with Crippen LogP contribution in [0.5, 0.6) is 5.75 Å². The van der Waals surface area contributed by atoms with E-state index in [1.165, 1.54) is 30.6 Å². The molecule has 0 aliphatic heterocycles. The second kappa shape index (κ2) is 5.81. The zero-order valence-electron chi connectivity index (χ0n) is 10.7. The number of halogens is 3. The van der Waals surface area contributed by atoms with Crippen LogP contribution in [0, 0.1) is 0 Å². The van der Waals surface area contributed by atoms with Crippen LogP contribution in [0.4, 0.5) is 18.9 Å². The Bertz CT molecular complexity index is 551. The normalized spacial score (nSPS) is 11.4. The van der Waals surface area contributed by atoms with Crippen LogP contribution in [0.15, 0.2) is 30.6 Å². The molecule has 20 heavy (non-hydrogen) atoms. The zero-order valence-corrected chi connectivity index (χ0v) is 10.7. The van der Waals surface area contributed by atoms with Gasteiger partial charge in [0, 0.05) is 12.2 Å². The Hall–Kier alpha value is -2.25. The number of nitrogens with zero attached hydrogens (tertiary/aromatic N) is 3. The smallest absolute Gasteiger partial charge is 0.406 e. The molecule has 2 aromatic rings. The Kier molecular flexibility index (Phi) is 4.11. The summed E-state index contributed by atoms with van der Waals surface area (Å²) in [5.74, 6) is 0.503. The first-order valence-electron chi connectivity index (χ1n) is 5.94. The van der Waals surface area contributed by atoms with Crippen molar-refractivity contribution in [3.05, 3.63) is 36.4 Å². The summed E-state index contributed by atoms with van der Waals surface area (Å²) in [6.07, 6.45) is -3.22.